The van der Waals surface area contributed by atoms with Crippen LogP contribution in [0.15, 0.2) is 65.0 Å². The molecule has 1 heterocycles. The largest absolute Gasteiger partial charge is 0.493 e. The average Bonchev–Trinajstić information content (AvgIpc) is 2.91. The summed E-state index contributed by atoms with van der Waals surface area (Å²) in [6.45, 7) is 8.20. The Labute approximate surface area is 231 Å². The number of benzene rings is 2. The number of carbonyl (C=O) groups excluding carboxylic acids is 2. The van der Waals surface area contributed by atoms with Crippen LogP contribution in [0.25, 0.3) is 0 Å². The van der Waals surface area contributed by atoms with Gasteiger partial charge in [0.05, 0.1) is 38.4 Å². The van der Waals surface area contributed by atoms with Crippen LogP contribution in [-0.4, -0.2) is 38.7 Å². The summed E-state index contributed by atoms with van der Waals surface area (Å²) >= 11 is 0. The van der Waals surface area contributed by atoms with Gasteiger partial charge in [-0.3, -0.25) is 4.79 Å². The van der Waals surface area contributed by atoms with E-state index in [0.29, 0.717) is 53.5 Å². The van der Waals surface area contributed by atoms with Gasteiger partial charge in [-0.2, -0.15) is 0 Å². The quantitative estimate of drug-likeness (QED) is 0.288. The standard InChI is InChI=1S/C32H39NO6/c1-7-8-15-38-26-12-10-9-11-23(26)30-29(32(35)39-19(2)3)20(4)33-24-16-22(17-25(34)31(24)30)21-13-14-27(36-5)28(18-21)37-6/h9-14,18-19,22,30,33H,7-8,15-17H2,1-6H3/t22-,30-/m0/s1. The van der Waals surface area contributed by atoms with E-state index >= 15 is 0 Å². The highest BCUT2D eigenvalue weighted by Crippen LogP contribution is 2.48. The van der Waals surface area contributed by atoms with E-state index in [-0.39, 0.29) is 17.8 Å². The molecule has 2 aromatic carbocycles. The predicted molar refractivity (Wildman–Crippen MR) is 150 cm³/mol. The number of carbonyl (C=O) groups is 2. The molecule has 0 radical (unpaired) electrons. The normalized spacial score (nSPS) is 19.0. The second-order valence-electron chi connectivity index (χ2n) is 10.3. The fraction of sp³-hybridized carbons (Fsp3) is 0.438. The first kappa shape index (κ1) is 28.3. The predicted octanol–water partition coefficient (Wildman–Crippen LogP) is 6.20. The summed E-state index contributed by atoms with van der Waals surface area (Å²) in [4.78, 5) is 27.4. The molecule has 7 heteroatoms. The average molecular weight is 534 g/mol. The molecule has 2 atom stereocenters. The Hall–Kier alpha value is -3.74. The minimum absolute atomic E-state index is 0.000701. The van der Waals surface area contributed by atoms with Crippen molar-refractivity contribution in [2.24, 2.45) is 0 Å². The maximum absolute atomic E-state index is 14.0. The van der Waals surface area contributed by atoms with Gasteiger partial charge in [-0.15, -0.1) is 0 Å². The number of Topliss-reactive ketones (excluding diaryl/α,β-unsaturated/α-hetero) is 1. The topological polar surface area (TPSA) is 83.1 Å². The molecule has 1 N–H and O–H groups in total. The van der Waals surface area contributed by atoms with Gasteiger partial charge in [0.15, 0.2) is 17.3 Å². The molecule has 208 valence electrons. The number of methoxy groups -OCH3 is 2. The number of hydrogen-bond donors (Lipinski definition) is 1. The number of esters is 1. The van der Waals surface area contributed by atoms with E-state index < -0.39 is 11.9 Å². The molecule has 2 aliphatic rings. The van der Waals surface area contributed by atoms with Crippen molar-refractivity contribution < 1.29 is 28.5 Å². The first-order chi connectivity index (χ1) is 18.8. The number of unbranched alkanes of at least 4 members (excludes halogenated alkanes) is 1. The van der Waals surface area contributed by atoms with Crippen molar-refractivity contribution in [2.45, 2.75) is 71.3 Å². The van der Waals surface area contributed by atoms with Crippen LogP contribution in [0.5, 0.6) is 17.2 Å². The number of nitrogens with one attached hydrogen (secondary N) is 1. The molecule has 0 amide bonds. The molecule has 0 saturated heterocycles. The van der Waals surface area contributed by atoms with Gasteiger partial charge in [-0.05, 0) is 63.3 Å². The summed E-state index contributed by atoms with van der Waals surface area (Å²) in [5, 5.41) is 3.42. The van der Waals surface area contributed by atoms with Crippen LogP contribution in [0, 0.1) is 0 Å². The Morgan fingerprint density at radius 1 is 1.03 bits per heavy atom. The van der Waals surface area contributed by atoms with Gasteiger partial charge in [0, 0.05) is 29.0 Å². The van der Waals surface area contributed by atoms with Crippen molar-refractivity contribution >= 4 is 11.8 Å². The number of para-hydroxylation sites is 1. The maximum atomic E-state index is 14.0. The van der Waals surface area contributed by atoms with Crippen LogP contribution in [-0.2, 0) is 14.3 Å². The molecule has 4 rings (SSSR count). The van der Waals surface area contributed by atoms with Crippen LogP contribution in [0.2, 0.25) is 0 Å². The molecule has 7 nitrogen and oxygen atoms in total. The van der Waals surface area contributed by atoms with E-state index in [1.165, 1.54) is 0 Å². The Bertz CT molecular complexity index is 1290. The van der Waals surface area contributed by atoms with Gasteiger partial charge in [0.1, 0.15) is 5.75 Å². The number of dihydropyridines is 1. The van der Waals surface area contributed by atoms with Gasteiger partial charge in [0.25, 0.3) is 0 Å². The van der Waals surface area contributed by atoms with E-state index in [9.17, 15) is 9.59 Å². The van der Waals surface area contributed by atoms with Gasteiger partial charge in [-0.25, -0.2) is 4.79 Å². The molecular formula is C32H39NO6. The lowest BCUT2D eigenvalue weighted by atomic mass is 9.71. The van der Waals surface area contributed by atoms with Gasteiger partial charge in [-0.1, -0.05) is 37.6 Å². The third-order valence-electron chi connectivity index (χ3n) is 7.25. The van der Waals surface area contributed by atoms with Gasteiger partial charge < -0.3 is 24.3 Å². The highest BCUT2D eigenvalue weighted by Gasteiger charge is 2.42. The van der Waals surface area contributed by atoms with Crippen LogP contribution in [0.3, 0.4) is 0 Å². The monoisotopic (exact) mass is 533 g/mol. The molecular weight excluding hydrogens is 494 g/mol. The van der Waals surface area contributed by atoms with Gasteiger partial charge >= 0.3 is 5.97 Å². The molecule has 0 bridgehead atoms. The lowest BCUT2D eigenvalue weighted by Gasteiger charge is -2.37. The van der Waals surface area contributed by atoms with Crippen LogP contribution >= 0.6 is 0 Å². The first-order valence-corrected chi connectivity index (χ1v) is 13.7. The SMILES string of the molecule is CCCCOc1ccccc1[C@H]1C(C(=O)OC(C)C)=C(C)NC2=C1C(=O)C[C@@H](c1ccc(OC)c(OC)c1)C2. The summed E-state index contributed by atoms with van der Waals surface area (Å²) in [6.07, 6.45) is 2.57. The number of hydrogen-bond acceptors (Lipinski definition) is 7. The summed E-state index contributed by atoms with van der Waals surface area (Å²) in [5.74, 6) is 0.906. The van der Waals surface area contributed by atoms with E-state index in [2.05, 4.69) is 12.2 Å². The number of rotatable bonds is 10. The van der Waals surface area contributed by atoms with Crippen molar-refractivity contribution in [3.63, 3.8) is 0 Å². The van der Waals surface area contributed by atoms with E-state index in [4.69, 9.17) is 18.9 Å². The molecule has 0 fully saturated rings. The van der Waals surface area contributed by atoms with E-state index in [1.54, 1.807) is 14.2 Å². The Kier molecular flexibility index (Phi) is 9.00. The molecule has 1 aliphatic heterocycles. The summed E-state index contributed by atoms with van der Waals surface area (Å²) in [5.41, 5.74) is 4.38. The molecule has 1 aliphatic carbocycles. The second kappa shape index (κ2) is 12.4. The van der Waals surface area contributed by atoms with Gasteiger partial charge in [0.2, 0.25) is 0 Å². The molecule has 0 unspecified atom stereocenters. The molecule has 0 spiro atoms. The first-order valence-electron chi connectivity index (χ1n) is 13.7. The highest BCUT2D eigenvalue weighted by molar-refractivity contribution is 6.04. The highest BCUT2D eigenvalue weighted by atomic mass is 16.5. The third-order valence-corrected chi connectivity index (χ3v) is 7.25. The van der Waals surface area contributed by atoms with Crippen LogP contribution < -0.4 is 19.5 Å². The molecule has 0 aromatic heterocycles. The number of ether oxygens (including phenoxy) is 4. The van der Waals surface area contributed by atoms with Crippen molar-refractivity contribution in [1.29, 1.82) is 0 Å². The zero-order valence-corrected chi connectivity index (χ0v) is 23.8. The van der Waals surface area contributed by atoms with Crippen molar-refractivity contribution in [3.05, 3.63) is 76.1 Å². The van der Waals surface area contributed by atoms with Crippen molar-refractivity contribution in [1.82, 2.24) is 5.32 Å². The van der Waals surface area contributed by atoms with E-state index in [0.717, 1.165) is 29.7 Å². The minimum Gasteiger partial charge on any atom is -0.493 e. The smallest absolute Gasteiger partial charge is 0.337 e. The van der Waals surface area contributed by atoms with Crippen LogP contribution in [0.4, 0.5) is 0 Å². The minimum atomic E-state index is -0.579. The number of allylic oxidation sites excluding steroid dienone is 3. The molecule has 0 saturated carbocycles. The Balaban J connectivity index is 1.79. The van der Waals surface area contributed by atoms with Crippen molar-refractivity contribution in [3.8, 4) is 17.2 Å². The lowest BCUT2D eigenvalue weighted by Crippen LogP contribution is -2.36. The zero-order valence-electron chi connectivity index (χ0n) is 23.8. The maximum Gasteiger partial charge on any atom is 0.337 e. The van der Waals surface area contributed by atoms with Crippen LogP contribution in [0.1, 0.15) is 76.3 Å². The lowest BCUT2D eigenvalue weighted by molar-refractivity contribution is -0.143. The Morgan fingerprint density at radius 3 is 2.46 bits per heavy atom. The van der Waals surface area contributed by atoms with Crippen molar-refractivity contribution in [2.75, 3.05) is 20.8 Å². The third kappa shape index (κ3) is 5.97. The zero-order chi connectivity index (χ0) is 28.1. The summed E-state index contributed by atoms with van der Waals surface area (Å²) in [7, 11) is 3.21. The fourth-order valence-corrected chi connectivity index (χ4v) is 5.42. The summed E-state index contributed by atoms with van der Waals surface area (Å²) in [6, 6.07) is 13.5. The molecule has 39 heavy (non-hydrogen) atoms. The summed E-state index contributed by atoms with van der Waals surface area (Å²) < 4.78 is 22.7. The van der Waals surface area contributed by atoms with E-state index in [1.807, 2.05) is 63.2 Å². The molecule has 2 aromatic rings. The Morgan fingerprint density at radius 2 is 1.77 bits per heavy atom. The fourth-order valence-electron chi connectivity index (χ4n) is 5.42. The number of ketones is 1. The second-order valence-corrected chi connectivity index (χ2v) is 10.3.